The maximum Gasteiger partial charge on any atom is 0.154 e. The molecule has 0 radical (unpaired) electrons. The molecule has 122 valence electrons. The van der Waals surface area contributed by atoms with E-state index in [9.17, 15) is 0 Å². The van der Waals surface area contributed by atoms with Gasteiger partial charge in [0.25, 0.3) is 0 Å². The lowest BCUT2D eigenvalue weighted by Crippen LogP contribution is -2.03. The molecule has 0 aliphatic heterocycles. The Hall–Kier alpha value is -3.34. The number of rotatable bonds is 4. The summed E-state index contributed by atoms with van der Waals surface area (Å²) in [7, 11) is 0. The van der Waals surface area contributed by atoms with E-state index in [2.05, 4.69) is 55.6 Å². The molecular formula is C20H17N5. The first kappa shape index (κ1) is 15.2. The van der Waals surface area contributed by atoms with E-state index in [4.69, 9.17) is 0 Å². The largest absolute Gasteiger partial charge is 0.364 e. The zero-order chi connectivity index (χ0) is 17.1. The number of nitrogens with one attached hydrogen (secondary N) is 1. The Kier molecular flexibility index (Phi) is 4.04. The lowest BCUT2D eigenvalue weighted by molar-refractivity contribution is 1.11. The minimum atomic E-state index is 0.679. The highest BCUT2D eigenvalue weighted by Crippen LogP contribution is 2.21. The van der Waals surface area contributed by atoms with Crippen LogP contribution in [0.5, 0.6) is 0 Å². The SMILES string of the molecule is Cc1cc(-c2ccc(CNc3nccc4nccnc34)cc2)ccn1. The third-order valence-electron chi connectivity index (χ3n) is 4.03. The summed E-state index contributed by atoms with van der Waals surface area (Å²) < 4.78 is 0. The van der Waals surface area contributed by atoms with Crippen molar-refractivity contribution in [3.05, 3.63) is 78.5 Å². The van der Waals surface area contributed by atoms with Crippen LogP contribution in [0.25, 0.3) is 22.2 Å². The standard InChI is InChI=1S/C20H17N5/c1-14-12-17(6-8-21-14)16-4-2-15(3-5-16)13-25-20-19-18(7-9-24-20)22-10-11-23-19/h2-12H,13H2,1H3,(H,24,25). The molecule has 4 aromatic rings. The average Bonchev–Trinajstić information content (AvgIpc) is 2.67. The molecule has 0 spiro atoms. The van der Waals surface area contributed by atoms with Crippen molar-refractivity contribution in [1.82, 2.24) is 19.9 Å². The molecule has 4 rings (SSSR count). The molecule has 5 nitrogen and oxygen atoms in total. The van der Waals surface area contributed by atoms with Crippen LogP contribution in [-0.4, -0.2) is 19.9 Å². The van der Waals surface area contributed by atoms with Gasteiger partial charge in [0.15, 0.2) is 5.82 Å². The third-order valence-corrected chi connectivity index (χ3v) is 4.03. The van der Waals surface area contributed by atoms with Gasteiger partial charge in [-0.05, 0) is 41.8 Å². The number of fused-ring (bicyclic) bond motifs is 1. The normalized spacial score (nSPS) is 10.8. The van der Waals surface area contributed by atoms with Gasteiger partial charge in [-0.1, -0.05) is 24.3 Å². The van der Waals surface area contributed by atoms with Gasteiger partial charge in [0.1, 0.15) is 5.52 Å². The fourth-order valence-corrected chi connectivity index (χ4v) is 2.75. The fourth-order valence-electron chi connectivity index (χ4n) is 2.75. The highest BCUT2D eigenvalue weighted by atomic mass is 15.0. The molecule has 1 N–H and O–H groups in total. The minimum Gasteiger partial charge on any atom is -0.364 e. The van der Waals surface area contributed by atoms with Crippen molar-refractivity contribution in [2.24, 2.45) is 0 Å². The van der Waals surface area contributed by atoms with E-state index in [0.717, 1.165) is 22.5 Å². The molecule has 0 fully saturated rings. The monoisotopic (exact) mass is 327 g/mol. The molecule has 0 aliphatic rings. The maximum absolute atomic E-state index is 4.38. The molecule has 0 amide bonds. The zero-order valence-electron chi connectivity index (χ0n) is 13.8. The van der Waals surface area contributed by atoms with Crippen LogP contribution in [0.2, 0.25) is 0 Å². The number of nitrogens with zero attached hydrogens (tertiary/aromatic N) is 4. The highest BCUT2D eigenvalue weighted by Gasteiger charge is 2.04. The van der Waals surface area contributed by atoms with Crippen molar-refractivity contribution >= 4 is 16.9 Å². The predicted molar refractivity (Wildman–Crippen MR) is 99.1 cm³/mol. The Morgan fingerprint density at radius 1 is 0.760 bits per heavy atom. The van der Waals surface area contributed by atoms with Gasteiger partial charge in [0.05, 0.1) is 5.52 Å². The van der Waals surface area contributed by atoms with Gasteiger partial charge in [0.2, 0.25) is 0 Å². The number of anilines is 1. The number of benzene rings is 1. The van der Waals surface area contributed by atoms with E-state index in [0.29, 0.717) is 6.54 Å². The van der Waals surface area contributed by atoms with Gasteiger partial charge in [-0.15, -0.1) is 0 Å². The van der Waals surface area contributed by atoms with E-state index in [1.165, 1.54) is 16.7 Å². The topological polar surface area (TPSA) is 63.6 Å². The van der Waals surface area contributed by atoms with E-state index >= 15 is 0 Å². The second-order valence-corrected chi connectivity index (χ2v) is 5.82. The van der Waals surface area contributed by atoms with Crippen LogP contribution >= 0.6 is 0 Å². The Morgan fingerprint density at radius 3 is 2.40 bits per heavy atom. The maximum atomic E-state index is 4.38. The van der Waals surface area contributed by atoms with Crippen molar-refractivity contribution in [1.29, 1.82) is 0 Å². The van der Waals surface area contributed by atoms with Crippen LogP contribution < -0.4 is 5.32 Å². The van der Waals surface area contributed by atoms with Gasteiger partial charge in [0, 0.05) is 37.0 Å². The first-order valence-electron chi connectivity index (χ1n) is 8.11. The van der Waals surface area contributed by atoms with Crippen LogP contribution in [0.4, 0.5) is 5.82 Å². The lowest BCUT2D eigenvalue weighted by Gasteiger charge is -2.09. The van der Waals surface area contributed by atoms with Crippen LogP contribution in [0, 0.1) is 6.92 Å². The predicted octanol–water partition coefficient (Wildman–Crippen LogP) is 4.01. The summed E-state index contributed by atoms with van der Waals surface area (Å²) in [6.45, 7) is 2.68. The second kappa shape index (κ2) is 6.65. The summed E-state index contributed by atoms with van der Waals surface area (Å²) in [5, 5.41) is 3.35. The Labute approximate surface area is 145 Å². The highest BCUT2D eigenvalue weighted by molar-refractivity contribution is 5.84. The van der Waals surface area contributed by atoms with Gasteiger partial charge in [-0.3, -0.25) is 9.97 Å². The van der Waals surface area contributed by atoms with Gasteiger partial charge < -0.3 is 5.32 Å². The molecule has 0 saturated heterocycles. The Morgan fingerprint density at radius 2 is 1.56 bits per heavy atom. The zero-order valence-corrected chi connectivity index (χ0v) is 13.8. The molecule has 3 heterocycles. The fraction of sp³-hybridized carbons (Fsp3) is 0.100. The van der Waals surface area contributed by atoms with Gasteiger partial charge >= 0.3 is 0 Å². The molecule has 0 unspecified atom stereocenters. The van der Waals surface area contributed by atoms with E-state index in [1.807, 2.05) is 25.3 Å². The van der Waals surface area contributed by atoms with Crippen LogP contribution in [0.1, 0.15) is 11.3 Å². The van der Waals surface area contributed by atoms with Crippen molar-refractivity contribution in [2.75, 3.05) is 5.32 Å². The number of hydrogen-bond donors (Lipinski definition) is 1. The van der Waals surface area contributed by atoms with Crippen molar-refractivity contribution in [3.8, 4) is 11.1 Å². The van der Waals surface area contributed by atoms with E-state index in [1.54, 1.807) is 18.6 Å². The molecule has 25 heavy (non-hydrogen) atoms. The molecule has 0 saturated carbocycles. The molecule has 0 bridgehead atoms. The van der Waals surface area contributed by atoms with Crippen LogP contribution in [0.15, 0.2) is 67.3 Å². The van der Waals surface area contributed by atoms with Crippen molar-refractivity contribution in [3.63, 3.8) is 0 Å². The summed E-state index contributed by atoms with van der Waals surface area (Å²) >= 11 is 0. The van der Waals surface area contributed by atoms with E-state index in [-0.39, 0.29) is 0 Å². The third kappa shape index (κ3) is 3.30. The molecule has 0 atom stereocenters. The Balaban J connectivity index is 1.52. The number of aryl methyl sites for hydroxylation is 1. The summed E-state index contributed by atoms with van der Waals surface area (Å²) in [6.07, 6.45) is 6.95. The van der Waals surface area contributed by atoms with Gasteiger partial charge in [-0.2, -0.15) is 0 Å². The lowest BCUT2D eigenvalue weighted by atomic mass is 10.0. The number of aromatic nitrogens is 4. The first-order valence-corrected chi connectivity index (χ1v) is 8.11. The van der Waals surface area contributed by atoms with Crippen LogP contribution in [-0.2, 0) is 6.54 Å². The molecule has 3 aromatic heterocycles. The number of hydrogen-bond acceptors (Lipinski definition) is 5. The summed E-state index contributed by atoms with van der Waals surface area (Å²) in [4.78, 5) is 17.3. The van der Waals surface area contributed by atoms with Crippen LogP contribution in [0.3, 0.4) is 0 Å². The smallest absolute Gasteiger partial charge is 0.154 e. The molecule has 1 aromatic carbocycles. The molecule has 0 aliphatic carbocycles. The summed E-state index contributed by atoms with van der Waals surface area (Å²) in [5.74, 6) is 0.749. The summed E-state index contributed by atoms with van der Waals surface area (Å²) in [5.41, 5.74) is 6.18. The molecule has 5 heteroatoms. The van der Waals surface area contributed by atoms with Crippen molar-refractivity contribution < 1.29 is 0 Å². The molecular weight excluding hydrogens is 310 g/mol. The van der Waals surface area contributed by atoms with Gasteiger partial charge in [-0.25, -0.2) is 9.97 Å². The second-order valence-electron chi connectivity index (χ2n) is 5.82. The van der Waals surface area contributed by atoms with Crippen molar-refractivity contribution in [2.45, 2.75) is 13.5 Å². The van der Waals surface area contributed by atoms with E-state index < -0.39 is 0 Å². The Bertz CT molecular complexity index is 1010. The number of pyridine rings is 2. The summed E-state index contributed by atoms with van der Waals surface area (Å²) in [6, 6.07) is 14.5. The minimum absolute atomic E-state index is 0.679. The first-order chi connectivity index (χ1) is 12.3. The average molecular weight is 327 g/mol. The quantitative estimate of drug-likeness (QED) is 0.613.